The number of nitrogens with zero attached hydrogens (tertiary/aromatic N) is 3. The van der Waals surface area contributed by atoms with Crippen LogP contribution in [0, 0.1) is 0 Å². The molecule has 1 aliphatic heterocycles. The molecule has 6 nitrogen and oxygen atoms in total. The number of rotatable bonds is 4. The minimum Gasteiger partial charge on any atom is -0.493 e. The molecule has 27 heavy (non-hydrogen) atoms. The quantitative estimate of drug-likeness (QED) is 0.869. The SMILES string of the molecule is CCOc1cc2c(cc1OC)C(c1cncnc1)=N[C@@H]1CC[C@@H](O)C[C@H]21.Cl. The molecule has 0 bridgehead atoms. The second-order valence-electron chi connectivity index (χ2n) is 6.77. The number of ether oxygens (including phenoxy) is 2. The van der Waals surface area contributed by atoms with Crippen molar-refractivity contribution in [2.75, 3.05) is 13.7 Å². The molecule has 0 saturated heterocycles. The van der Waals surface area contributed by atoms with Gasteiger partial charge in [-0.2, -0.15) is 0 Å². The summed E-state index contributed by atoms with van der Waals surface area (Å²) in [6.07, 6.45) is 7.20. The Labute approximate surface area is 165 Å². The van der Waals surface area contributed by atoms with E-state index in [0.717, 1.165) is 47.4 Å². The summed E-state index contributed by atoms with van der Waals surface area (Å²) in [5.74, 6) is 1.61. The second kappa shape index (κ2) is 8.23. The minimum absolute atomic E-state index is 0. The van der Waals surface area contributed by atoms with Crippen LogP contribution < -0.4 is 9.47 Å². The highest BCUT2D eigenvalue weighted by molar-refractivity contribution is 6.14. The van der Waals surface area contributed by atoms with Gasteiger partial charge in [-0.25, -0.2) is 9.97 Å². The predicted octanol–water partition coefficient (Wildman–Crippen LogP) is 3.15. The molecule has 0 spiro atoms. The van der Waals surface area contributed by atoms with Gasteiger partial charge in [0.05, 0.1) is 31.6 Å². The fourth-order valence-electron chi connectivity index (χ4n) is 4.02. The van der Waals surface area contributed by atoms with Crippen molar-refractivity contribution in [3.05, 3.63) is 47.5 Å². The van der Waals surface area contributed by atoms with Crippen LogP contribution in [0.5, 0.6) is 11.5 Å². The van der Waals surface area contributed by atoms with E-state index < -0.39 is 0 Å². The van der Waals surface area contributed by atoms with Crippen LogP contribution in [0.15, 0.2) is 35.8 Å². The van der Waals surface area contributed by atoms with Crippen LogP contribution in [0.3, 0.4) is 0 Å². The van der Waals surface area contributed by atoms with Crippen molar-refractivity contribution in [2.24, 2.45) is 4.99 Å². The van der Waals surface area contributed by atoms with Crippen LogP contribution in [-0.4, -0.2) is 46.6 Å². The zero-order valence-electron chi connectivity index (χ0n) is 15.5. The van der Waals surface area contributed by atoms with Gasteiger partial charge in [0.15, 0.2) is 11.5 Å². The van der Waals surface area contributed by atoms with Gasteiger partial charge in [-0.05, 0) is 43.9 Å². The molecule has 1 saturated carbocycles. The number of aromatic nitrogens is 2. The Morgan fingerprint density at radius 1 is 1.15 bits per heavy atom. The third kappa shape index (κ3) is 3.64. The van der Waals surface area contributed by atoms with Crippen LogP contribution in [-0.2, 0) is 0 Å². The van der Waals surface area contributed by atoms with Gasteiger partial charge in [0.25, 0.3) is 0 Å². The van der Waals surface area contributed by atoms with E-state index in [1.54, 1.807) is 19.5 Å². The number of hydrogen-bond donors (Lipinski definition) is 1. The standard InChI is InChI=1S/C20H23N3O3.ClH/c1-3-26-19-7-14-15-6-13(24)4-5-17(15)23-20(12-9-21-11-22-10-12)16(14)8-18(19)25-2;/h7-11,13,15,17,24H,3-6H2,1-2H3;1H/t13-,15-,17-;/m1./s1. The van der Waals surface area contributed by atoms with Crippen LogP contribution in [0.1, 0.15) is 48.8 Å². The lowest BCUT2D eigenvalue weighted by atomic mass is 9.74. The van der Waals surface area contributed by atoms with Crippen molar-refractivity contribution in [1.82, 2.24) is 9.97 Å². The van der Waals surface area contributed by atoms with Gasteiger partial charge >= 0.3 is 0 Å². The Hall–Kier alpha value is -2.18. The summed E-state index contributed by atoms with van der Waals surface area (Å²) in [7, 11) is 1.64. The molecule has 7 heteroatoms. The molecule has 3 atom stereocenters. The van der Waals surface area contributed by atoms with E-state index in [1.807, 2.05) is 13.0 Å². The Bertz CT molecular complexity index is 829. The van der Waals surface area contributed by atoms with E-state index in [-0.39, 0.29) is 30.5 Å². The molecule has 2 aliphatic rings. The fraction of sp³-hybridized carbons (Fsp3) is 0.450. The molecule has 0 amide bonds. The fourth-order valence-corrected chi connectivity index (χ4v) is 4.02. The third-order valence-electron chi connectivity index (χ3n) is 5.21. The van der Waals surface area contributed by atoms with E-state index in [4.69, 9.17) is 14.5 Å². The molecular formula is C20H24ClN3O3. The molecule has 1 fully saturated rings. The molecule has 0 radical (unpaired) electrons. The first-order valence-corrected chi connectivity index (χ1v) is 9.07. The summed E-state index contributed by atoms with van der Waals surface area (Å²) in [4.78, 5) is 13.3. The molecular weight excluding hydrogens is 366 g/mol. The summed E-state index contributed by atoms with van der Waals surface area (Å²) < 4.78 is 11.3. The monoisotopic (exact) mass is 389 g/mol. The summed E-state index contributed by atoms with van der Waals surface area (Å²) >= 11 is 0. The maximum absolute atomic E-state index is 10.2. The average molecular weight is 390 g/mol. The Kier molecular flexibility index (Phi) is 5.97. The Balaban J connectivity index is 0.00000210. The molecule has 1 aromatic carbocycles. The number of fused-ring (bicyclic) bond motifs is 3. The largest absolute Gasteiger partial charge is 0.493 e. The van der Waals surface area contributed by atoms with E-state index in [2.05, 4.69) is 16.0 Å². The zero-order valence-corrected chi connectivity index (χ0v) is 16.3. The zero-order chi connectivity index (χ0) is 18.1. The molecule has 1 aromatic heterocycles. The second-order valence-corrected chi connectivity index (χ2v) is 6.77. The first-order chi connectivity index (χ1) is 12.7. The van der Waals surface area contributed by atoms with Gasteiger partial charge < -0.3 is 14.6 Å². The highest BCUT2D eigenvalue weighted by Gasteiger charge is 2.37. The molecule has 2 heterocycles. The van der Waals surface area contributed by atoms with Crippen molar-refractivity contribution < 1.29 is 14.6 Å². The van der Waals surface area contributed by atoms with Crippen molar-refractivity contribution in [2.45, 2.75) is 44.2 Å². The maximum Gasteiger partial charge on any atom is 0.161 e. The first-order valence-electron chi connectivity index (χ1n) is 9.07. The van der Waals surface area contributed by atoms with Crippen LogP contribution >= 0.6 is 12.4 Å². The van der Waals surface area contributed by atoms with Gasteiger partial charge in [-0.3, -0.25) is 4.99 Å². The normalized spacial score (nSPS) is 23.4. The average Bonchev–Trinajstić information content (AvgIpc) is 2.68. The topological polar surface area (TPSA) is 76.8 Å². The maximum atomic E-state index is 10.2. The lowest BCUT2D eigenvalue weighted by Gasteiger charge is -2.37. The van der Waals surface area contributed by atoms with Crippen molar-refractivity contribution >= 4 is 18.1 Å². The Morgan fingerprint density at radius 2 is 1.93 bits per heavy atom. The van der Waals surface area contributed by atoms with Gasteiger partial charge in [0.2, 0.25) is 0 Å². The summed E-state index contributed by atoms with van der Waals surface area (Å²) in [5.41, 5.74) is 3.95. The molecule has 1 N–H and O–H groups in total. The molecule has 0 unspecified atom stereocenters. The number of aliphatic hydroxyl groups is 1. The number of hydrogen-bond acceptors (Lipinski definition) is 6. The van der Waals surface area contributed by atoms with E-state index >= 15 is 0 Å². The van der Waals surface area contributed by atoms with Crippen molar-refractivity contribution in [1.29, 1.82) is 0 Å². The summed E-state index contributed by atoms with van der Waals surface area (Å²) in [5, 5.41) is 10.2. The lowest BCUT2D eigenvalue weighted by Crippen LogP contribution is -2.34. The van der Waals surface area contributed by atoms with Crippen LogP contribution in [0.25, 0.3) is 0 Å². The van der Waals surface area contributed by atoms with Crippen LogP contribution in [0.2, 0.25) is 0 Å². The summed E-state index contributed by atoms with van der Waals surface area (Å²) in [6, 6.07) is 4.21. The van der Waals surface area contributed by atoms with Crippen LogP contribution in [0.4, 0.5) is 0 Å². The van der Waals surface area contributed by atoms with E-state index in [1.165, 1.54) is 6.33 Å². The minimum atomic E-state index is -0.279. The van der Waals surface area contributed by atoms with Gasteiger partial charge in [0.1, 0.15) is 6.33 Å². The van der Waals surface area contributed by atoms with Crippen molar-refractivity contribution in [3.63, 3.8) is 0 Å². The molecule has 2 aromatic rings. The van der Waals surface area contributed by atoms with Gasteiger partial charge in [-0.15, -0.1) is 12.4 Å². The summed E-state index contributed by atoms with van der Waals surface area (Å²) in [6.45, 7) is 2.53. The van der Waals surface area contributed by atoms with E-state index in [9.17, 15) is 5.11 Å². The lowest BCUT2D eigenvalue weighted by molar-refractivity contribution is 0.111. The number of halogens is 1. The van der Waals surface area contributed by atoms with Gasteiger partial charge in [-0.1, -0.05) is 0 Å². The number of methoxy groups -OCH3 is 1. The highest BCUT2D eigenvalue weighted by atomic mass is 35.5. The molecule has 144 valence electrons. The molecule has 4 rings (SSSR count). The predicted molar refractivity (Wildman–Crippen MR) is 105 cm³/mol. The van der Waals surface area contributed by atoms with Gasteiger partial charge in [0, 0.05) is 29.4 Å². The molecule has 1 aliphatic carbocycles. The highest BCUT2D eigenvalue weighted by Crippen LogP contribution is 2.44. The number of aliphatic hydroxyl groups excluding tert-OH is 1. The third-order valence-corrected chi connectivity index (χ3v) is 5.21. The van der Waals surface area contributed by atoms with E-state index in [0.29, 0.717) is 12.4 Å². The number of aliphatic imine (C=N–C) groups is 1. The van der Waals surface area contributed by atoms with Crippen molar-refractivity contribution in [3.8, 4) is 11.5 Å². The first kappa shape index (κ1) is 19.6. The number of benzene rings is 1. The smallest absolute Gasteiger partial charge is 0.161 e. The Morgan fingerprint density at radius 3 is 2.63 bits per heavy atom.